The molecule has 0 saturated carbocycles. The van der Waals surface area contributed by atoms with E-state index in [4.69, 9.17) is 4.74 Å². The molecule has 8 heteroatoms. The molecule has 1 N–H and O–H groups in total. The number of thiazole rings is 1. The van der Waals surface area contributed by atoms with Crippen molar-refractivity contribution < 1.29 is 9.53 Å². The number of hydrogen-bond donors (Lipinski definition) is 1. The first-order valence-electron chi connectivity index (χ1n) is 9.86. The summed E-state index contributed by atoms with van der Waals surface area (Å²) < 4.78 is 6.54. The molecular weight excluding hydrogens is 386 g/mol. The number of nitrogens with one attached hydrogen (secondary N) is 1. The molecule has 0 aliphatic carbocycles. The Hall–Kier alpha value is -2.55. The Labute approximate surface area is 174 Å². The number of hydrogen-bond acceptors (Lipinski definition) is 7. The van der Waals surface area contributed by atoms with Crippen LogP contribution >= 0.6 is 11.3 Å². The highest BCUT2D eigenvalue weighted by Gasteiger charge is 2.19. The molecule has 7 nitrogen and oxygen atoms in total. The summed E-state index contributed by atoms with van der Waals surface area (Å²) in [6.07, 6.45) is 3.71. The van der Waals surface area contributed by atoms with Crippen molar-refractivity contribution in [2.45, 2.75) is 13.5 Å². The third kappa shape index (κ3) is 5.29. The fraction of sp³-hybridized carbons (Fsp3) is 0.381. The van der Waals surface area contributed by atoms with Crippen LogP contribution in [-0.4, -0.2) is 65.0 Å². The van der Waals surface area contributed by atoms with E-state index >= 15 is 0 Å². The smallest absolute Gasteiger partial charge is 0.240 e. The maximum Gasteiger partial charge on any atom is 0.240 e. The molecule has 0 atom stereocenters. The number of carbonyl (C=O) groups is 1. The number of pyridine rings is 1. The van der Waals surface area contributed by atoms with Gasteiger partial charge in [0.05, 0.1) is 23.4 Å². The standard InChI is InChI=1S/C21H25N5O2S/c1-2-28-17-5-6-18-19(12-17)29-21(23-18)24-20(27)15-26-10-8-25(9-11-26)14-16-4-3-7-22-13-16/h3-7,12-13H,2,8-11,14-15H2,1H3,(H,23,24,27). The molecule has 0 spiro atoms. The summed E-state index contributed by atoms with van der Waals surface area (Å²) >= 11 is 1.47. The zero-order valence-electron chi connectivity index (χ0n) is 16.5. The predicted molar refractivity (Wildman–Crippen MR) is 115 cm³/mol. The summed E-state index contributed by atoms with van der Waals surface area (Å²) in [5, 5.41) is 3.58. The third-order valence-electron chi connectivity index (χ3n) is 4.88. The molecule has 1 aromatic carbocycles. The van der Waals surface area contributed by atoms with Crippen LogP contribution in [0.15, 0.2) is 42.7 Å². The van der Waals surface area contributed by atoms with E-state index in [1.807, 2.05) is 37.4 Å². The van der Waals surface area contributed by atoms with Gasteiger partial charge in [-0.1, -0.05) is 17.4 Å². The van der Waals surface area contributed by atoms with E-state index in [2.05, 4.69) is 31.2 Å². The van der Waals surface area contributed by atoms with Gasteiger partial charge in [0.15, 0.2) is 5.13 Å². The Balaban J connectivity index is 1.26. The fourth-order valence-corrected chi connectivity index (χ4v) is 4.34. The normalized spacial score (nSPS) is 15.5. The maximum atomic E-state index is 12.5. The molecule has 1 amide bonds. The highest BCUT2D eigenvalue weighted by molar-refractivity contribution is 7.22. The topological polar surface area (TPSA) is 70.6 Å². The second-order valence-electron chi connectivity index (χ2n) is 7.04. The van der Waals surface area contributed by atoms with E-state index in [1.165, 1.54) is 16.9 Å². The molecule has 1 aliphatic rings. The number of aromatic nitrogens is 2. The van der Waals surface area contributed by atoms with Gasteiger partial charge in [0, 0.05) is 45.1 Å². The first-order chi connectivity index (χ1) is 14.2. The zero-order valence-corrected chi connectivity index (χ0v) is 17.3. The molecule has 2 aromatic heterocycles. The van der Waals surface area contributed by atoms with Gasteiger partial charge in [-0.3, -0.25) is 19.6 Å². The van der Waals surface area contributed by atoms with Crippen molar-refractivity contribution in [2.24, 2.45) is 0 Å². The van der Waals surface area contributed by atoms with Crippen LogP contribution in [0, 0.1) is 0 Å². The number of ether oxygens (including phenoxy) is 1. The highest BCUT2D eigenvalue weighted by atomic mass is 32.1. The molecule has 1 fully saturated rings. The SMILES string of the molecule is CCOc1ccc2nc(NC(=O)CN3CCN(Cc4cccnc4)CC3)sc2c1. The van der Waals surface area contributed by atoms with Crippen molar-refractivity contribution in [2.75, 3.05) is 44.6 Å². The second-order valence-corrected chi connectivity index (χ2v) is 8.07. The largest absolute Gasteiger partial charge is 0.494 e. The number of carbonyl (C=O) groups excluding carboxylic acids is 1. The lowest BCUT2D eigenvalue weighted by molar-refractivity contribution is -0.117. The number of rotatable bonds is 7. The molecule has 1 aliphatic heterocycles. The molecule has 0 bridgehead atoms. The zero-order chi connectivity index (χ0) is 20.1. The quantitative estimate of drug-likeness (QED) is 0.645. The molecule has 29 heavy (non-hydrogen) atoms. The number of piperazine rings is 1. The van der Waals surface area contributed by atoms with Crippen molar-refractivity contribution in [3.8, 4) is 5.75 Å². The van der Waals surface area contributed by atoms with Crippen LogP contribution in [0.5, 0.6) is 5.75 Å². The van der Waals surface area contributed by atoms with E-state index < -0.39 is 0 Å². The van der Waals surface area contributed by atoms with Crippen molar-refractivity contribution >= 4 is 32.6 Å². The average Bonchev–Trinajstić information content (AvgIpc) is 3.12. The summed E-state index contributed by atoms with van der Waals surface area (Å²) in [5.41, 5.74) is 2.10. The van der Waals surface area contributed by atoms with E-state index in [0.29, 0.717) is 18.3 Å². The molecule has 3 aromatic rings. The van der Waals surface area contributed by atoms with Crippen LogP contribution in [0.3, 0.4) is 0 Å². The van der Waals surface area contributed by atoms with Crippen LogP contribution in [0.1, 0.15) is 12.5 Å². The lowest BCUT2D eigenvalue weighted by Gasteiger charge is -2.34. The lowest BCUT2D eigenvalue weighted by atomic mass is 10.2. The summed E-state index contributed by atoms with van der Waals surface area (Å²) in [7, 11) is 0. The molecule has 152 valence electrons. The minimum absolute atomic E-state index is 0.0187. The Morgan fingerprint density at radius 1 is 1.21 bits per heavy atom. The maximum absolute atomic E-state index is 12.5. The Morgan fingerprint density at radius 3 is 2.79 bits per heavy atom. The van der Waals surface area contributed by atoms with Gasteiger partial charge in [0.25, 0.3) is 0 Å². The molecular formula is C21H25N5O2S. The number of amides is 1. The van der Waals surface area contributed by atoms with Gasteiger partial charge in [0.2, 0.25) is 5.91 Å². The fourth-order valence-electron chi connectivity index (χ4n) is 3.43. The van der Waals surface area contributed by atoms with Crippen LogP contribution < -0.4 is 10.1 Å². The molecule has 0 unspecified atom stereocenters. The Morgan fingerprint density at radius 2 is 2.03 bits per heavy atom. The summed E-state index contributed by atoms with van der Waals surface area (Å²) in [6, 6.07) is 9.86. The number of nitrogens with zero attached hydrogens (tertiary/aromatic N) is 4. The van der Waals surface area contributed by atoms with Crippen molar-refractivity contribution in [3.63, 3.8) is 0 Å². The highest BCUT2D eigenvalue weighted by Crippen LogP contribution is 2.29. The van der Waals surface area contributed by atoms with Gasteiger partial charge in [-0.15, -0.1) is 0 Å². The van der Waals surface area contributed by atoms with Crippen molar-refractivity contribution in [3.05, 3.63) is 48.3 Å². The van der Waals surface area contributed by atoms with Crippen molar-refractivity contribution in [1.29, 1.82) is 0 Å². The average molecular weight is 412 g/mol. The summed E-state index contributed by atoms with van der Waals surface area (Å²) in [6.45, 7) is 7.54. The van der Waals surface area contributed by atoms with E-state index in [9.17, 15) is 4.79 Å². The first kappa shape index (κ1) is 19.8. The Bertz CT molecular complexity index is 954. The van der Waals surface area contributed by atoms with Gasteiger partial charge >= 0.3 is 0 Å². The van der Waals surface area contributed by atoms with Gasteiger partial charge in [-0.25, -0.2) is 4.98 Å². The van der Waals surface area contributed by atoms with Gasteiger partial charge in [0.1, 0.15) is 5.75 Å². The van der Waals surface area contributed by atoms with Crippen molar-refractivity contribution in [1.82, 2.24) is 19.8 Å². The van der Waals surface area contributed by atoms with Crippen LogP contribution in [0.25, 0.3) is 10.2 Å². The summed E-state index contributed by atoms with van der Waals surface area (Å²) in [4.78, 5) is 25.7. The minimum atomic E-state index is -0.0187. The number of benzene rings is 1. The van der Waals surface area contributed by atoms with E-state index in [1.54, 1.807) is 6.20 Å². The minimum Gasteiger partial charge on any atom is -0.494 e. The first-order valence-corrected chi connectivity index (χ1v) is 10.7. The van der Waals surface area contributed by atoms with E-state index in [-0.39, 0.29) is 5.91 Å². The molecule has 1 saturated heterocycles. The molecule has 3 heterocycles. The van der Waals surface area contributed by atoms with Gasteiger partial charge in [-0.2, -0.15) is 0 Å². The molecule has 0 radical (unpaired) electrons. The van der Waals surface area contributed by atoms with Crippen LogP contribution in [0.4, 0.5) is 5.13 Å². The third-order valence-corrected chi connectivity index (χ3v) is 5.81. The predicted octanol–water partition coefficient (Wildman–Crippen LogP) is 2.85. The Kier molecular flexibility index (Phi) is 6.33. The number of fused-ring (bicyclic) bond motifs is 1. The van der Waals surface area contributed by atoms with E-state index in [0.717, 1.165) is 48.7 Å². The van der Waals surface area contributed by atoms with Crippen LogP contribution in [-0.2, 0) is 11.3 Å². The lowest BCUT2D eigenvalue weighted by Crippen LogP contribution is -2.48. The van der Waals surface area contributed by atoms with Crippen LogP contribution in [0.2, 0.25) is 0 Å². The van der Waals surface area contributed by atoms with Gasteiger partial charge in [-0.05, 0) is 36.8 Å². The number of anilines is 1. The summed E-state index contributed by atoms with van der Waals surface area (Å²) in [5.74, 6) is 0.806. The molecule has 4 rings (SSSR count). The second kappa shape index (κ2) is 9.30. The van der Waals surface area contributed by atoms with Gasteiger partial charge < -0.3 is 10.1 Å². The monoisotopic (exact) mass is 411 g/mol.